The molecule has 0 unspecified atom stereocenters. The largest absolute Gasteiger partial charge is 0.350 e. The molecule has 7 nitrogen and oxygen atoms in total. The standard InChI is InChI=1S/C25H32Cl2FN3O4S/c1-17(24(33)29-25(2,3)4)30(16-18-12-13-19(26)15-20(18)27)23(32)11-8-14-31(36(5,34)35)22-10-7-6-9-21(22)28/h6-7,9-10,12-13,15,17H,8,11,14,16H2,1-5H3,(H,29,33)/t17-/m1/s1. The molecule has 2 aromatic rings. The van der Waals surface area contributed by atoms with Crippen LogP contribution in [0.1, 0.15) is 46.1 Å². The van der Waals surface area contributed by atoms with E-state index in [1.165, 1.54) is 29.2 Å². The molecule has 0 aliphatic rings. The van der Waals surface area contributed by atoms with Gasteiger partial charge in [-0.2, -0.15) is 0 Å². The van der Waals surface area contributed by atoms with Gasteiger partial charge in [0.25, 0.3) is 0 Å². The van der Waals surface area contributed by atoms with Gasteiger partial charge in [0.15, 0.2) is 0 Å². The number of carbonyl (C=O) groups excluding carboxylic acids is 2. The van der Waals surface area contributed by atoms with Crippen molar-refractivity contribution in [3.63, 3.8) is 0 Å². The fourth-order valence-corrected chi connectivity index (χ4v) is 4.96. The van der Waals surface area contributed by atoms with Gasteiger partial charge in [0.05, 0.1) is 11.9 Å². The molecular formula is C25H32Cl2FN3O4S. The van der Waals surface area contributed by atoms with Crippen molar-refractivity contribution in [1.82, 2.24) is 10.2 Å². The second-order valence-electron chi connectivity index (χ2n) is 9.56. The molecule has 1 N–H and O–H groups in total. The summed E-state index contributed by atoms with van der Waals surface area (Å²) >= 11 is 12.3. The average molecular weight is 561 g/mol. The van der Waals surface area contributed by atoms with Crippen molar-refractivity contribution in [2.75, 3.05) is 17.1 Å². The number of anilines is 1. The van der Waals surface area contributed by atoms with E-state index in [-0.39, 0.29) is 43.4 Å². The summed E-state index contributed by atoms with van der Waals surface area (Å²) in [6, 6.07) is 9.59. The van der Waals surface area contributed by atoms with Gasteiger partial charge in [-0.15, -0.1) is 0 Å². The molecular weight excluding hydrogens is 528 g/mol. The quantitative estimate of drug-likeness (QED) is 0.443. The predicted octanol–water partition coefficient (Wildman–Crippen LogP) is 5.01. The van der Waals surface area contributed by atoms with Crippen LogP contribution in [0.3, 0.4) is 0 Å². The number of para-hydroxylation sites is 1. The van der Waals surface area contributed by atoms with E-state index >= 15 is 0 Å². The summed E-state index contributed by atoms with van der Waals surface area (Å²) in [5.41, 5.74) is 0.0115. The lowest BCUT2D eigenvalue weighted by molar-refractivity contribution is -0.141. The number of rotatable bonds is 10. The zero-order chi connectivity index (χ0) is 27.3. The Bertz CT molecular complexity index is 1200. The summed E-state index contributed by atoms with van der Waals surface area (Å²) < 4.78 is 39.8. The van der Waals surface area contributed by atoms with Crippen LogP contribution in [0.4, 0.5) is 10.1 Å². The Kier molecular flexibility index (Phi) is 10.2. The van der Waals surface area contributed by atoms with Gasteiger partial charge in [-0.3, -0.25) is 13.9 Å². The molecule has 0 saturated carbocycles. The Morgan fingerprint density at radius 3 is 2.31 bits per heavy atom. The molecule has 1 atom stereocenters. The molecule has 198 valence electrons. The number of carbonyl (C=O) groups is 2. The molecule has 2 aromatic carbocycles. The highest BCUT2D eigenvalue weighted by Gasteiger charge is 2.29. The van der Waals surface area contributed by atoms with Crippen LogP contribution in [0.15, 0.2) is 42.5 Å². The molecule has 11 heteroatoms. The number of benzene rings is 2. The Hall–Kier alpha value is -2.36. The zero-order valence-corrected chi connectivity index (χ0v) is 23.3. The minimum atomic E-state index is -3.79. The minimum absolute atomic E-state index is 0.0523. The van der Waals surface area contributed by atoms with E-state index in [0.717, 1.165) is 10.6 Å². The van der Waals surface area contributed by atoms with Crippen molar-refractivity contribution < 1.29 is 22.4 Å². The number of hydrogen-bond donors (Lipinski definition) is 1. The van der Waals surface area contributed by atoms with Crippen molar-refractivity contribution in [3.05, 3.63) is 63.9 Å². The molecule has 0 bridgehead atoms. The van der Waals surface area contributed by atoms with E-state index in [4.69, 9.17) is 23.2 Å². The van der Waals surface area contributed by atoms with Crippen molar-refractivity contribution in [2.24, 2.45) is 0 Å². The molecule has 2 rings (SSSR count). The first-order chi connectivity index (χ1) is 16.6. The predicted molar refractivity (Wildman–Crippen MR) is 142 cm³/mol. The third-order valence-electron chi connectivity index (χ3n) is 5.29. The fourth-order valence-electron chi connectivity index (χ4n) is 3.53. The van der Waals surface area contributed by atoms with Crippen LogP contribution in [0.2, 0.25) is 10.0 Å². The Morgan fingerprint density at radius 1 is 1.11 bits per heavy atom. The summed E-state index contributed by atoms with van der Waals surface area (Å²) in [4.78, 5) is 27.6. The van der Waals surface area contributed by atoms with Crippen LogP contribution in [0, 0.1) is 5.82 Å². The van der Waals surface area contributed by atoms with Gasteiger partial charge < -0.3 is 10.2 Å². The number of sulfonamides is 1. The monoisotopic (exact) mass is 559 g/mol. The Labute approximate surface area is 222 Å². The Balaban J connectivity index is 2.24. The van der Waals surface area contributed by atoms with Crippen LogP contribution in [-0.4, -0.2) is 49.5 Å². The first kappa shape index (κ1) is 29.9. The molecule has 0 fully saturated rings. The average Bonchev–Trinajstić information content (AvgIpc) is 2.74. The van der Waals surface area contributed by atoms with Gasteiger partial charge >= 0.3 is 0 Å². The molecule has 0 heterocycles. The van der Waals surface area contributed by atoms with Crippen molar-refractivity contribution in [3.8, 4) is 0 Å². The van der Waals surface area contributed by atoms with Gasteiger partial charge in [0, 0.05) is 35.1 Å². The van der Waals surface area contributed by atoms with Crippen molar-refractivity contribution in [1.29, 1.82) is 0 Å². The molecule has 0 aromatic heterocycles. The summed E-state index contributed by atoms with van der Waals surface area (Å²) in [6.45, 7) is 7.07. The van der Waals surface area contributed by atoms with Crippen LogP contribution < -0.4 is 9.62 Å². The highest BCUT2D eigenvalue weighted by molar-refractivity contribution is 7.92. The maximum Gasteiger partial charge on any atom is 0.242 e. The van der Waals surface area contributed by atoms with Crippen LogP contribution >= 0.6 is 23.2 Å². The SMILES string of the molecule is C[C@H](C(=O)NC(C)(C)C)N(Cc1ccc(Cl)cc1Cl)C(=O)CCCN(c1ccccc1F)S(C)(=O)=O. The van der Waals surface area contributed by atoms with Crippen molar-refractivity contribution in [2.45, 2.75) is 58.7 Å². The highest BCUT2D eigenvalue weighted by atomic mass is 35.5. The summed E-state index contributed by atoms with van der Waals surface area (Å²) in [6.07, 6.45) is 1.02. The van der Waals surface area contributed by atoms with E-state index in [1.807, 2.05) is 20.8 Å². The first-order valence-electron chi connectivity index (χ1n) is 11.4. The molecule has 0 aliphatic heterocycles. The van der Waals surface area contributed by atoms with Gasteiger partial charge in [0.2, 0.25) is 21.8 Å². The van der Waals surface area contributed by atoms with E-state index in [9.17, 15) is 22.4 Å². The number of nitrogens with zero attached hydrogens (tertiary/aromatic N) is 2. The van der Waals surface area contributed by atoms with E-state index in [2.05, 4.69) is 5.32 Å². The second kappa shape index (κ2) is 12.3. The lowest BCUT2D eigenvalue weighted by atomic mass is 10.1. The molecule has 0 saturated heterocycles. The lowest BCUT2D eigenvalue weighted by Gasteiger charge is -2.32. The van der Waals surface area contributed by atoms with Gasteiger partial charge in [-0.1, -0.05) is 41.4 Å². The first-order valence-corrected chi connectivity index (χ1v) is 14.0. The van der Waals surface area contributed by atoms with Gasteiger partial charge in [-0.25, -0.2) is 12.8 Å². The summed E-state index contributed by atoms with van der Waals surface area (Å²) in [5, 5.41) is 3.66. The Morgan fingerprint density at radius 2 is 1.75 bits per heavy atom. The fraction of sp³-hybridized carbons (Fsp3) is 0.440. The summed E-state index contributed by atoms with van der Waals surface area (Å²) in [7, 11) is -3.79. The van der Waals surface area contributed by atoms with E-state index in [0.29, 0.717) is 15.6 Å². The molecule has 2 amide bonds. The van der Waals surface area contributed by atoms with Crippen LogP contribution in [0.25, 0.3) is 0 Å². The normalized spacial score (nSPS) is 12.7. The maximum absolute atomic E-state index is 14.3. The highest BCUT2D eigenvalue weighted by Crippen LogP contribution is 2.25. The lowest BCUT2D eigenvalue weighted by Crippen LogP contribution is -2.52. The third kappa shape index (κ3) is 8.64. The van der Waals surface area contributed by atoms with E-state index < -0.39 is 27.4 Å². The second-order valence-corrected chi connectivity index (χ2v) is 12.3. The van der Waals surface area contributed by atoms with Gasteiger partial charge in [-0.05, 0) is 63.9 Å². The molecule has 0 aliphatic carbocycles. The number of nitrogens with one attached hydrogen (secondary N) is 1. The molecule has 36 heavy (non-hydrogen) atoms. The number of hydrogen-bond acceptors (Lipinski definition) is 4. The number of halogens is 3. The zero-order valence-electron chi connectivity index (χ0n) is 21.0. The number of amides is 2. The maximum atomic E-state index is 14.3. The smallest absolute Gasteiger partial charge is 0.242 e. The van der Waals surface area contributed by atoms with Gasteiger partial charge in [0.1, 0.15) is 11.9 Å². The van der Waals surface area contributed by atoms with Crippen LogP contribution in [0.5, 0.6) is 0 Å². The topological polar surface area (TPSA) is 86.8 Å². The van der Waals surface area contributed by atoms with Crippen LogP contribution in [-0.2, 0) is 26.2 Å². The third-order valence-corrected chi connectivity index (χ3v) is 7.06. The minimum Gasteiger partial charge on any atom is -0.350 e. The molecule has 0 spiro atoms. The molecule has 0 radical (unpaired) electrons. The summed E-state index contributed by atoms with van der Waals surface area (Å²) in [5.74, 6) is -1.40. The van der Waals surface area contributed by atoms with E-state index in [1.54, 1.807) is 25.1 Å². The van der Waals surface area contributed by atoms with Crippen molar-refractivity contribution >= 4 is 50.7 Å².